The van der Waals surface area contributed by atoms with E-state index in [1.54, 1.807) is 48.6 Å². The van der Waals surface area contributed by atoms with Crippen molar-refractivity contribution in [3.05, 3.63) is 81.9 Å². The lowest BCUT2D eigenvalue weighted by Crippen LogP contribution is -2.22. The Balaban J connectivity index is 1.80. The van der Waals surface area contributed by atoms with Crippen LogP contribution in [0, 0.1) is 10.1 Å². The lowest BCUT2D eigenvalue weighted by atomic mass is 10.1. The summed E-state index contributed by atoms with van der Waals surface area (Å²) < 4.78 is 46.6. The molecular weight excluding hydrogens is 391 g/mol. The zero-order valence-corrected chi connectivity index (χ0v) is 15.0. The van der Waals surface area contributed by atoms with Crippen molar-refractivity contribution in [3.8, 4) is 5.75 Å². The Bertz CT molecular complexity index is 903. The molecule has 0 aliphatic carbocycles. The van der Waals surface area contributed by atoms with Gasteiger partial charge in [-0.25, -0.2) is 4.79 Å². The monoisotopic (exact) mass is 407 g/mol. The highest BCUT2D eigenvalue weighted by molar-refractivity contribution is 5.89. The summed E-state index contributed by atoms with van der Waals surface area (Å²) in [7, 11) is 0. The van der Waals surface area contributed by atoms with E-state index < -0.39 is 22.6 Å². The number of rotatable bonds is 8. The molecule has 0 amide bonds. The fraction of sp³-hybridized carbons (Fsp3) is 0.150. The highest BCUT2D eigenvalue weighted by atomic mass is 19.4. The van der Waals surface area contributed by atoms with E-state index in [-0.39, 0.29) is 18.9 Å². The summed E-state index contributed by atoms with van der Waals surface area (Å²) in [5, 5.41) is 10.6. The van der Waals surface area contributed by atoms with Gasteiger partial charge < -0.3 is 9.47 Å². The van der Waals surface area contributed by atoms with E-state index in [2.05, 4.69) is 11.3 Å². The standard InChI is InChI=1S/C20H16F3NO5/c1-14(20(21,22)23)19(25)29-13-12-28-18-10-6-16(7-11-18)3-2-15-4-8-17(9-5-15)24(26)27/h2-11H,1,12-13H2. The maximum absolute atomic E-state index is 12.3. The van der Waals surface area contributed by atoms with E-state index in [9.17, 15) is 28.1 Å². The first-order valence-electron chi connectivity index (χ1n) is 8.25. The van der Waals surface area contributed by atoms with E-state index in [1.807, 2.05) is 0 Å². The fourth-order valence-corrected chi connectivity index (χ4v) is 2.07. The SMILES string of the molecule is C=C(C(=O)OCCOc1ccc(C=Cc2ccc([N+](=O)[O-])cc2)cc1)C(F)(F)F. The van der Waals surface area contributed by atoms with Gasteiger partial charge in [-0.2, -0.15) is 13.2 Å². The number of nitrogens with zero attached hydrogens (tertiary/aromatic N) is 1. The Morgan fingerprint density at radius 2 is 1.52 bits per heavy atom. The van der Waals surface area contributed by atoms with Gasteiger partial charge in [-0.15, -0.1) is 0 Å². The van der Waals surface area contributed by atoms with Gasteiger partial charge in [0.05, 0.1) is 4.92 Å². The number of benzene rings is 2. The van der Waals surface area contributed by atoms with Gasteiger partial charge in [0.25, 0.3) is 5.69 Å². The third kappa shape index (κ3) is 6.80. The highest BCUT2D eigenvalue weighted by Gasteiger charge is 2.37. The van der Waals surface area contributed by atoms with Crippen LogP contribution in [0.15, 0.2) is 60.7 Å². The van der Waals surface area contributed by atoms with Crippen LogP contribution in [0.4, 0.5) is 18.9 Å². The third-order valence-corrected chi connectivity index (χ3v) is 3.63. The predicted octanol–water partition coefficient (Wildman–Crippen LogP) is 4.81. The number of hydrogen-bond acceptors (Lipinski definition) is 5. The van der Waals surface area contributed by atoms with Crippen molar-refractivity contribution in [1.82, 2.24) is 0 Å². The summed E-state index contributed by atoms with van der Waals surface area (Å²) in [5.41, 5.74) is 0.0699. The predicted molar refractivity (Wildman–Crippen MR) is 100 cm³/mol. The highest BCUT2D eigenvalue weighted by Crippen LogP contribution is 2.24. The average molecular weight is 407 g/mol. The first kappa shape index (κ1) is 21.7. The Morgan fingerprint density at radius 1 is 1.00 bits per heavy atom. The molecule has 6 nitrogen and oxygen atoms in total. The number of nitro groups is 1. The van der Waals surface area contributed by atoms with E-state index in [0.717, 1.165) is 11.1 Å². The van der Waals surface area contributed by atoms with Crippen molar-refractivity contribution in [2.24, 2.45) is 0 Å². The average Bonchev–Trinajstić information content (AvgIpc) is 2.69. The molecule has 0 aromatic heterocycles. The summed E-state index contributed by atoms with van der Waals surface area (Å²) >= 11 is 0. The minimum absolute atomic E-state index is 0.0112. The number of halogens is 3. The van der Waals surface area contributed by atoms with Crippen LogP contribution in [0.1, 0.15) is 11.1 Å². The van der Waals surface area contributed by atoms with Gasteiger partial charge >= 0.3 is 12.1 Å². The molecule has 2 rings (SSSR count). The number of hydrogen-bond donors (Lipinski definition) is 0. The van der Waals surface area contributed by atoms with Crippen LogP contribution in [0.3, 0.4) is 0 Å². The number of non-ortho nitro benzene ring substituents is 1. The molecule has 0 bridgehead atoms. The largest absolute Gasteiger partial charge is 0.490 e. The van der Waals surface area contributed by atoms with Crippen molar-refractivity contribution in [2.45, 2.75) is 6.18 Å². The summed E-state index contributed by atoms with van der Waals surface area (Å²) in [6.07, 6.45) is -1.24. The number of carbonyl (C=O) groups is 1. The van der Waals surface area contributed by atoms with Gasteiger partial charge in [0.15, 0.2) is 0 Å². The third-order valence-electron chi connectivity index (χ3n) is 3.63. The van der Waals surface area contributed by atoms with Crippen LogP contribution in [0.5, 0.6) is 5.75 Å². The second kappa shape index (κ2) is 9.54. The molecule has 2 aromatic carbocycles. The lowest BCUT2D eigenvalue weighted by Gasteiger charge is -2.10. The van der Waals surface area contributed by atoms with Crippen LogP contribution < -0.4 is 4.74 Å². The Morgan fingerprint density at radius 3 is 2.00 bits per heavy atom. The zero-order valence-electron chi connectivity index (χ0n) is 15.0. The second-order valence-electron chi connectivity index (χ2n) is 5.71. The summed E-state index contributed by atoms with van der Waals surface area (Å²) in [6, 6.07) is 12.9. The molecule has 0 saturated carbocycles. The van der Waals surface area contributed by atoms with Gasteiger partial charge in [-0.3, -0.25) is 10.1 Å². The van der Waals surface area contributed by atoms with Gasteiger partial charge in [0.1, 0.15) is 24.5 Å². The molecule has 9 heteroatoms. The molecule has 152 valence electrons. The number of nitro benzene ring substituents is 1. The van der Waals surface area contributed by atoms with Gasteiger partial charge in [0, 0.05) is 12.1 Å². The van der Waals surface area contributed by atoms with Crippen molar-refractivity contribution in [2.75, 3.05) is 13.2 Å². The van der Waals surface area contributed by atoms with Crippen molar-refractivity contribution >= 4 is 23.8 Å². The molecule has 0 N–H and O–H groups in total. The molecule has 0 radical (unpaired) electrons. The normalized spacial score (nSPS) is 11.3. The van der Waals surface area contributed by atoms with E-state index in [1.165, 1.54) is 12.1 Å². The number of ether oxygens (including phenoxy) is 2. The topological polar surface area (TPSA) is 78.7 Å². The quantitative estimate of drug-likeness (QED) is 0.157. The first-order chi connectivity index (χ1) is 13.7. The lowest BCUT2D eigenvalue weighted by molar-refractivity contribution is -0.384. The van der Waals surface area contributed by atoms with Crippen LogP contribution in [0.2, 0.25) is 0 Å². The minimum atomic E-state index is -4.82. The van der Waals surface area contributed by atoms with Gasteiger partial charge in [-0.05, 0) is 35.4 Å². The van der Waals surface area contributed by atoms with Crippen LogP contribution in [-0.4, -0.2) is 30.3 Å². The van der Waals surface area contributed by atoms with Gasteiger partial charge in [-0.1, -0.05) is 30.9 Å². The van der Waals surface area contributed by atoms with E-state index in [0.29, 0.717) is 5.75 Å². The Labute approximate surface area is 164 Å². The van der Waals surface area contributed by atoms with Crippen molar-refractivity contribution in [3.63, 3.8) is 0 Å². The first-order valence-corrected chi connectivity index (χ1v) is 8.25. The molecule has 0 heterocycles. The molecule has 0 spiro atoms. The number of esters is 1. The van der Waals surface area contributed by atoms with Crippen LogP contribution >= 0.6 is 0 Å². The summed E-state index contributed by atoms with van der Waals surface area (Å²) in [5.74, 6) is -1.09. The maximum Gasteiger partial charge on any atom is 0.422 e. The molecule has 0 unspecified atom stereocenters. The van der Waals surface area contributed by atoms with E-state index >= 15 is 0 Å². The van der Waals surface area contributed by atoms with Crippen LogP contribution in [-0.2, 0) is 9.53 Å². The van der Waals surface area contributed by atoms with Crippen molar-refractivity contribution < 1.29 is 32.4 Å². The number of carbonyl (C=O) groups excluding carboxylic acids is 1. The molecule has 0 aliphatic rings. The minimum Gasteiger partial charge on any atom is -0.490 e. The summed E-state index contributed by atoms with van der Waals surface area (Å²) in [4.78, 5) is 21.3. The zero-order chi connectivity index (χ0) is 21.4. The molecular formula is C20H16F3NO5. The Hall–Kier alpha value is -3.62. The molecule has 0 saturated heterocycles. The number of alkyl halides is 3. The van der Waals surface area contributed by atoms with Crippen molar-refractivity contribution in [1.29, 1.82) is 0 Å². The fourth-order valence-electron chi connectivity index (χ4n) is 2.07. The smallest absolute Gasteiger partial charge is 0.422 e. The molecule has 0 atom stereocenters. The van der Waals surface area contributed by atoms with Gasteiger partial charge in [0.2, 0.25) is 0 Å². The maximum atomic E-state index is 12.3. The molecule has 0 aliphatic heterocycles. The van der Waals surface area contributed by atoms with Crippen LogP contribution in [0.25, 0.3) is 12.2 Å². The van der Waals surface area contributed by atoms with E-state index in [4.69, 9.17) is 4.74 Å². The molecule has 2 aromatic rings. The molecule has 29 heavy (non-hydrogen) atoms. The summed E-state index contributed by atoms with van der Waals surface area (Å²) in [6.45, 7) is 2.18. The second-order valence-corrected chi connectivity index (χ2v) is 5.71. The Kier molecular flexibility index (Phi) is 7.13. The molecule has 0 fully saturated rings.